The Morgan fingerprint density at radius 2 is 1.58 bits per heavy atom. The molecule has 18 heteroatoms. The highest BCUT2D eigenvalue weighted by Gasteiger charge is 2.36. The fourth-order valence-electron chi connectivity index (χ4n) is 4.92. The first kappa shape index (κ1) is 42.8. The summed E-state index contributed by atoms with van der Waals surface area (Å²) in [5, 5.41) is 8.35. The van der Waals surface area contributed by atoms with Gasteiger partial charge in [-0.1, -0.05) is 35.3 Å². The minimum Gasteiger partial charge on any atom is -0.467 e. The van der Waals surface area contributed by atoms with Gasteiger partial charge >= 0.3 is 24.0 Å². The summed E-state index contributed by atoms with van der Waals surface area (Å²) in [7, 11) is -4.25. The van der Waals surface area contributed by atoms with Crippen LogP contribution >= 0.6 is 23.2 Å². The van der Waals surface area contributed by atoms with E-state index in [9.17, 15) is 32.4 Å². The molecule has 1 unspecified atom stereocenters. The average molecular weight is 799 g/mol. The molecule has 0 aliphatic heterocycles. The zero-order valence-corrected chi connectivity index (χ0v) is 31.8. The molecule has 0 saturated carbocycles. The number of hydrogen-bond donors (Lipinski definition) is 2. The summed E-state index contributed by atoms with van der Waals surface area (Å²) in [6.45, 7) is 5.90. The van der Waals surface area contributed by atoms with Crippen LogP contribution in [0, 0.1) is 0 Å². The van der Waals surface area contributed by atoms with E-state index in [0.29, 0.717) is 16.3 Å². The normalized spacial score (nSPS) is 12.0. The van der Waals surface area contributed by atoms with Crippen molar-refractivity contribution in [3.05, 3.63) is 81.7 Å². The van der Waals surface area contributed by atoms with Gasteiger partial charge in [0.25, 0.3) is 0 Å². The maximum Gasteiger partial charge on any atom is 0.413 e. The lowest BCUT2D eigenvalue weighted by molar-refractivity contribution is -0.153. The number of amides is 1. The lowest BCUT2D eigenvalue weighted by Gasteiger charge is -2.38. The maximum absolute atomic E-state index is 13.1. The fraction of sp³-hybridized carbons (Fsp3) is 0.400. The van der Waals surface area contributed by atoms with Crippen molar-refractivity contribution < 1.29 is 55.8 Å². The van der Waals surface area contributed by atoms with Crippen molar-refractivity contribution >= 4 is 68.7 Å². The second-order valence-corrected chi connectivity index (χ2v) is 14.9. The summed E-state index contributed by atoms with van der Waals surface area (Å²) < 4.78 is 49.7. The third kappa shape index (κ3) is 13.4. The van der Waals surface area contributed by atoms with E-state index in [1.54, 1.807) is 58.0 Å². The van der Waals surface area contributed by atoms with Crippen LogP contribution in [-0.4, -0.2) is 74.7 Å². The molecule has 3 N–H and O–H groups in total. The highest BCUT2D eigenvalue weighted by Crippen LogP contribution is 2.29. The molecule has 15 nitrogen and oxygen atoms in total. The number of esters is 3. The van der Waals surface area contributed by atoms with Gasteiger partial charge in [-0.25, -0.2) is 23.1 Å². The van der Waals surface area contributed by atoms with Crippen LogP contribution < -0.4 is 10.5 Å². The van der Waals surface area contributed by atoms with E-state index in [-0.39, 0.29) is 67.5 Å². The van der Waals surface area contributed by atoms with Crippen LogP contribution in [0.5, 0.6) is 0 Å². The molecule has 1 heterocycles. The number of halogens is 2. The van der Waals surface area contributed by atoms with Gasteiger partial charge in [0.15, 0.2) is 5.78 Å². The van der Waals surface area contributed by atoms with E-state index >= 15 is 0 Å². The number of benzene rings is 2. The highest BCUT2D eigenvalue weighted by molar-refractivity contribution is 7.89. The predicted molar refractivity (Wildman–Crippen MR) is 193 cm³/mol. The SMILES string of the molecule is CC(C(=O)c1cccc(Cl)c1)N(C(=O)OCOC(=O)CCCC(=O)OCCCOC(=O)c1cc(S(N)(=O)=O)c(Cl)cc1NCc1ccco1)C(C)(C)C. The largest absolute Gasteiger partial charge is 0.467 e. The summed E-state index contributed by atoms with van der Waals surface area (Å²) in [5.74, 6) is -2.04. The molecular formula is C35H41Cl2N3O12S. The molecule has 2 aromatic carbocycles. The first-order chi connectivity index (χ1) is 24.9. The van der Waals surface area contributed by atoms with Crippen LogP contribution in [0.3, 0.4) is 0 Å². The molecule has 0 bridgehead atoms. The van der Waals surface area contributed by atoms with Crippen LogP contribution in [0.15, 0.2) is 64.1 Å². The van der Waals surface area contributed by atoms with Crippen molar-refractivity contribution in [3.63, 3.8) is 0 Å². The van der Waals surface area contributed by atoms with Gasteiger partial charge in [-0.15, -0.1) is 0 Å². The van der Waals surface area contributed by atoms with Crippen LogP contribution in [0.1, 0.15) is 79.9 Å². The van der Waals surface area contributed by atoms with E-state index < -0.39 is 57.3 Å². The van der Waals surface area contributed by atoms with Gasteiger partial charge in [0.1, 0.15) is 10.7 Å². The molecule has 0 spiro atoms. The van der Waals surface area contributed by atoms with E-state index in [2.05, 4.69) is 5.32 Å². The number of anilines is 1. The molecule has 3 aromatic rings. The molecule has 53 heavy (non-hydrogen) atoms. The number of carbonyl (C=O) groups excluding carboxylic acids is 5. The lowest BCUT2D eigenvalue weighted by Crippen LogP contribution is -2.53. The van der Waals surface area contributed by atoms with Crippen molar-refractivity contribution in [2.75, 3.05) is 25.3 Å². The van der Waals surface area contributed by atoms with E-state index in [1.165, 1.54) is 23.3 Å². The number of ketones is 1. The summed E-state index contributed by atoms with van der Waals surface area (Å²) >= 11 is 12.1. The van der Waals surface area contributed by atoms with E-state index in [1.807, 2.05) is 0 Å². The van der Waals surface area contributed by atoms with Crippen molar-refractivity contribution in [3.8, 4) is 0 Å². The Balaban J connectivity index is 1.38. The van der Waals surface area contributed by atoms with Crippen LogP contribution in [-0.2, 0) is 45.1 Å². The Morgan fingerprint density at radius 1 is 0.906 bits per heavy atom. The van der Waals surface area contributed by atoms with Crippen molar-refractivity contribution in [1.82, 2.24) is 4.90 Å². The van der Waals surface area contributed by atoms with Crippen molar-refractivity contribution in [1.29, 1.82) is 0 Å². The van der Waals surface area contributed by atoms with Crippen molar-refractivity contribution in [2.24, 2.45) is 5.14 Å². The summed E-state index contributed by atoms with van der Waals surface area (Å²) in [6.07, 6.45) is 0.495. The first-order valence-electron chi connectivity index (χ1n) is 16.2. The Hall–Kier alpha value is -4.64. The first-order valence-corrected chi connectivity index (χ1v) is 18.6. The molecule has 3 rings (SSSR count). The maximum atomic E-state index is 13.1. The van der Waals surface area contributed by atoms with E-state index in [4.69, 9.17) is 51.7 Å². The second kappa shape index (κ2) is 19.4. The van der Waals surface area contributed by atoms with Gasteiger partial charge in [0.05, 0.1) is 48.3 Å². The van der Waals surface area contributed by atoms with Crippen LogP contribution in [0.25, 0.3) is 0 Å². The molecule has 288 valence electrons. The number of nitrogens with one attached hydrogen (secondary N) is 1. The summed E-state index contributed by atoms with van der Waals surface area (Å²) in [5.41, 5.74) is -0.472. The lowest BCUT2D eigenvalue weighted by atomic mass is 9.98. The van der Waals surface area contributed by atoms with Gasteiger partial charge < -0.3 is 28.7 Å². The van der Waals surface area contributed by atoms with Gasteiger partial charge in [-0.2, -0.15) is 0 Å². The highest BCUT2D eigenvalue weighted by atomic mass is 35.5. The number of hydrogen-bond acceptors (Lipinski definition) is 13. The third-order valence-corrected chi connectivity index (χ3v) is 8.99. The van der Waals surface area contributed by atoms with Crippen LogP contribution in [0.2, 0.25) is 10.0 Å². The molecule has 0 saturated heterocycles. The molecular weight excluding hydrogens is 757 g/mol. The molecule has 1 atom stereocenters. The zero-order chi connectivity index (χ0) is 39.3. The number of nitrogens with two attached hydrogens (primary N) is 1. The molecule has 0 fully saturated rings. The van der Waals surface area contributed by atoms with E-state index in [0.717, 1.165) is 6.07 Å². The molecule has 0 radical (unpaired) electrons. The average Bonchev–Trinajstić information content (AvgIpc) is 3.59. The fourth-order valence-corrected chi connectivity index (χ4v) is 6.21. The number of rotatable bonds is 18. The minimum absolute atomic E-state index is 0.0800. The van der Waals surface area contributed by atoms with Crippen LogP contribution in [0.4, 0.5) is 10.5 Å². The number of nitrogens with zero attached hydrogens (tertiary/aromatic N) is 1. The molecule has 1 aromatic heterocycles. The number of Topliss-reactive ketones (excluding diaryl/α,β-unsaturated/α-hetero) is 1. The topological polar surface area (TPSA) is 211 Å². The predicted octanol–water partition coefficient (Wildman–Crippen LogP) is 6.12. The molecule has 0 aliphatic rings. The number of sulfonamides is 1. The van der Waals surface area contributed by atoms with Gasteiger partial charge in [0, 0.05) is 35.4 Å². The Bertz CT molecular complexity index is 1880. The number of carbonyl (C=O) groups is 5. The standard InChI is InChI=1S/C35H41Cl2N3O12S/c1-22(32(43)23-9-5-10-24(36)17-23)40(35(2,3)4)34(45)52-21-51-31(42)13-6-12-30(41)49-15-8-16-50-33(44)26-18-29(53(38,46)47)27(37)19-28(26)39-20-25-11-7-14-48-25/h5,7,9-11,14,17-19,22,39H,6,8,12-13,15-16,20-21H2,1-4H3,(H2,38,46,47). The molecule has 0 aliphatic carbocycles. The van der Waals surface area contributed by atoms with Gasteiger partial charge in [-0.05, 0) is 70.5 Å². The Labute approximate surface area is 317 Å². The zero-order valence-electron chi connectivity index (χ0n) is 29.5. The summed E-state index contributed by atoms with van der Waals surface area (Å²) in [4.78, 5) is 63.9. The smallest absolute Gasteiger partial charge is 0.413 e. The number of primary sulfonamides is 1. The summed E-state index contributed by atoms with van der Waals surface area (Å²) in [6, 6.07) is 11.0. The van der Waals surface area contributed by atoms with Crippen molar-refractivity contribution in [2.45, 2.75) is 76.4 Å². The second-order valence-electron chi connectivity index (χ2n) is 12.5. The monoisotopic (exact) mass is 797 g/mol. The number of ether oxygens (including phenoxy) is 4. The van der Waals surface area contributed by atoms with Gasteiger partial charge in [-0.3, -0.25) is 19.3 Å². The minimum atomic E-state index is -4.25. The number of furan rings is 1. The van der Waals surface area contributed by atoms with Gasteiger partial charge in [0.2, 0.25) is 16.8 Å². The molecule has 1 amide bonds. The Morgan fingerprint density at radius 3 is 2.21 bits per heavy atom. The Kier molecular flexibility index (Phi) is 15.7. The quantitative estimate of drug-likeness (QED) is 0.0489. The third-order valence-electron chi connectivity index (χ3n) is 7.38.